The molecule has 1 aliphatic heterocycles. The Labute approximate surface area is 118 Å². The van der Waals surface area contributed by atoms with E-state index in [1.807, 2.05) is 13.8 Å². The van der Waals surface area contributed by atoms with Gasteiger partial charge in [0.1, 0.15) is 0 Å². The zero-order valence-corrected chi connectivity index (χ0v) is 11.8. The second kappa shape index (κ2) is 5.63. The number of hydrogen-bond acceptors (Lipinski definition) is 3. The highest BCUT2D eigenvalue weighted by Gasteiger charge is 2.24. The fourth-order valence-electron chi connectivity index (χ4n) is 2.11. The molecule has 2 rings (SSSR count). The number of benzene rings is 1. The summed E-state index contributed by atoms with van der Waals surface area (Å²) in [7, 11) is 0. The van der Waals surface area contributed by atoms with Crippen LogP contribution in [0.1, 0.15) is 42.6 Å². The lowest BCUT2D eigenvalue weighted by Gasteiger charge is -2.27. The van der Waals surface area contributed by atoms with Crippen molar-refractivity contribution < 1.29 is 14.7 Å². The molecule has 0 aromatic heterocycles. The second-order valence-corrected chi connectivity index (χ2v) is 5.45. The van der Waals surface area contributed by atoms with Gasteiger partial charge in [0.25, 0.3) is 5.91 Å². The molecule has 3 N–H and O–H groups in total. The van der Waals surface area contributed by atoms with Crippen LogP contribution in [-0.4, -0.2) is 29.1 Å². The Hall–Kier alpha value is -1.88. The number of nitrogens with one attached hydrogen (secondary N) is 2. The highest BCUT2D eigenvalue weighted by molar-refractivity contribution is 5.98. The highest BCUT2D eigenvalue weighted by atomic mass is 16.3. The van der Waals surface area contributed by atoms with E-state index in [0.717, 1.165) is 11.3 Å². The van der Waals surface area contributed by atoms with Gasteiger partial charge in [0, 0.05) is 17.7 Å². The Morgan fingerprint density at radius 2 is 2.20 bits per heavy atom. The van der Waals surface area contributed by atoms with Crippen molar-refractivity contribution in [3.63, 3.8) is 0 Å². The number of rotatable bonds is 4. The number of carbonyl (C=O) groups excluding carboxylic acids is 2. The summed E-state index contributed by atoms with van der Waals surface area (Å²) in [5.41, 5.74) is 1.69. The fraction of sp³-hybridized carbons (Fsp3) is 0.467. The second-order valence-electron chi connectivity index (χ2n) is 5.45. The molecule has 0 bridgehead atoms. The van der Waals surface area contributed by atoms with E-state index < -0.39 is 5.54 Å². The maximum atomic E-state index is 12.2. The van der Waals surface area contributed by atoms with E-state index in [1.54, 1.807) is 18.2 Å². The summed E-state index contributed by atoms with van der Waals surface area (Å²) in [4.78, 5) is 23.5. The van der Waals surface area contributed by atoms with Crippen LogP contribution in [0.5, 0.6) is 0 Å². The molecular formula is C15H20N2O3. The van der Waals surface area contributed by atoms with Crippen LogP contribution >= 0.6 is 0 Å². The molecule has 0 aliphatic carbocycles. The Balaban J connectivity index is 2.18. The van der Waals surface area contributed by atoms with E-state index in [9.17, 15) is 14.7 Å². The molecule has 1 aromatic rings. The van der Waals surface area contributed by atoms with Crippen molar-refractivity contribution in [3.05, 3.63) is 29.3 Å². The smallest absolute Gasteiger partial charge is 0.251 e. The standard InChI is InChI=1S/C15H20N2O3/c1-3-15(2,9-18)17-14(20)11-4-6-12-10(8-11)5-7-13(19)16-12/h4,6,8,18H,3,5,7,9H2,1-2H3,(H,16,19)(H,17,20). The topological polar surface area (TPSA) is 78.4 Å². The van der Waals surface area contributed by atoms with Gasteiger partial charge < -0.3 is 15.7 Å². The third kappa shape index (κ3) is 2.99. The molecule has 0 fully saturated rings. The summed E-state index contributed by atoms with van der Waals surface area (Å²) in [5.74, 6) is -0.198. The molecule has 1 aromatic carbocycles. The number of aliphatic hydroxyl groups is 1. The minimum atomic E-state index is -0.610. The van der Waals surface area contributed by atoms with E-state index in [1.165, 1.54) is 0 Å². The molecule has 1 heterocycles. The van der Waals surface area contributed by atoms with E-state index in [-0.39, 0.29) is 18.4 Å². The van der Waals surface area contributed by atoms with Gasteiger partial charge in [0.05, 0.1) is 12.1 Å². The van der Waals surface area contributed by atoms with Crippen molar-refractivity contribution in [1.82, 2.24) is 5.32 Å². The molecule has 0 spiro atoms. The Morgan fingerprint density at radius 1 is 1.45 bits per heavy atom. The summed E-state index contributed by atoms with van der Waals surface area (Å²) in [6.07, 6.45) is 1.74. The number of hydrogen-bond donors (Lipinski definition) is 3. The molecule has 1 atom stereocenters. The van der Waals surface area contributed by atoms with E-state index in [0.29, 0.717) is 24.8 Å². The Morgan fingerprint density at radius 3 is 2.85 bits per heavy atom. The summed E-state index contributed by atoms with van der Waals surface area (Å²) in [6, 6.07) is 5.24. The maximum absolute atomic E-state index is 12.2. The minimum Gasteiger partial charge on any atom is -0.394 e. The van der Waals surface area contributed by atoms with Crippen molar-refractivity contribution in [2.45, 2.75) is 38.6 Å². The average molecular weight is 276 g/mol. The van der Waals surface area contributed by atoms with E-state index in [2.05, 4.69) is 10.6 Å². The monoisotopic (exact) mass is 276 g/mol. The van der Waals surface area contributed by atoms with Gasteiger partial charge in [-0.2, -0.15) is 0 Å². The summed E-state index contributed by atoms with van der Waals surface area (Å²) in [5, 5.41) is 15.0. The largest absolute Gasteiger partial charge is 0.394 e. The molecule has 1 aliphatic rings. The van der Waals surface area contributed by atoms with Crippen LogP contribution in [0.3, 0.4) is 0 Å². The van der Waals surface area contributed by atoms with Gasteiger partial charge in [-0.15, -0.1) is 0 Å². The molecule has 0 radical (unpaired) electrons. The average Bonchev–Trinajstić information content (AvgIpc) is 2.46. The summed E-state index contributed by atoms with van der Waals surface area (Å²) >= 11 is 0. The number of fused-ring (bicyclic) bond motifs is 1. The van der Waals surface area contributed by atoms with Crippen LogP contribution < -0.4 is 10.6 Å². The quantitative estimate of drug-likeness (QED) is 0.779. The molecule has 108 valence electrons. The lowest BCUT2D eigenvalue weighted by molar-refractivity contribution is -0.116. The van der Waals surface area contributed by atoms with Gasteiger partial charge in [-0.25, -0.2) is 0 Å². The molecular weight excluding hydrogens is 256 g/mol. The summed E-state index contributed by atoms with van der Waals surface area (Å²) < 4.78 is 0. The van der Waals surface area contributed by atoms with Crippen LogP contribution in [-0.2, 0) is 11.2 Å². The number of anilines is 1. The zero-order chi connectivity index (χ0) is 14.8. The van der Waals surface area contributed by atoms with Crippen LogP contribution in [0.25, 0.3) is 0 Å². The summed E-state index contributed by atoms with van der Waals surface area (Å²) in [6.45, 7) is 3.62. The first-order valence-electron chi connectivity index (χ1n) is 6.83. The van der Waals surface area contributed by atoms with Crippen molar-refractivity contribution in [2.24, 2.45) is 0 Å². The number of amides is 2. The van der Waals surface area contributed by atoms with Crippen LogP contribution in [0, 0.1) is 0 Å². The van der Waals surface area contributed by atoms with Gasteiger partial charge in [0.2, 0.25) is 5.91 Å². The lowest BCUT2D eigenvalue weighted by atomic mass is 9.97. The highest BCUT2D eigenvalue weighted by Crippen LogP contribution is 2.23. The first-order chi connectivity index (χ1) is 9.47. The lowest BCUT2D eigenvalue weighted by Crippen LogP contribution is -2.48. The molecule has 20 heavy (non-hydrogen) atoms. The SMILES string of the molecule is CCC(C)(CO)NC(=O)c1ccc2c(c1)CCC(=O)N2. The van der Waals surface area contributed by atoms with Gasteiger partial charge in [-0.1, -0.05) is 6.92 Å². The van der Waals surface area contributed by atoms with Crippen LogP contribution in [0.4, 0.5) is 5.69 Å². The zero-order valence-electron chi connectivity index (χ0n) is 11.8. The van der Waals surface area contributed by atoms with Gasteiger partial charge in [-0.3, -0.25) is 9.59 Å². The van der Waals surface area contributed by atoms with Crippen molar-refractivity contribution in [2.75, 3.05) is 11.9 Å². The third-order valence-electron chi connectivity index (χ3n) is 3.81. The van der Waals surface area contributed by atoms with Crippen molar-refractivity contribution in [1.29, 1.82) is 0 Å². The molecule has 5 heteroatoms. The van der Waals surface area contributed by atoms with Gasteiger partial charge in [0.15, 0.2) is 0 Å². The fourth-order valence-corrected chi connectivity index (χ4v) is 2.11. The number of aryl methyl sites for hydroxylation is 1. The van der Waals surface area contributed by atoms with E-state index in [4.69, 9.17) is 0 Å². The predicted molar refractivity (Wildman–Crippen MR) is 76.6 cm³/mol. The van der Waals surface area contributed by atoms with Gasteiger partial charge >= 0.3 is 0 Å². The first-order valence-corrected chi connectivity index (χ1v) is 6.83. The third-order valence-corrected chi connectivity index (χ3v) is 3.81. The van der Waals surface area contributed by atoms with Crippen molar-refractivity contribution >= 4 is 17.5 Å². The maximum Gasteiger partial charge on any atom is 0.251 e. The predicted octanol–water partition coefficient (Wildman–Crippen LogP) is 1.46. The number of aliphatic hydroxyl groups excluding tert-OH is 1. The molecule has 1 unspecified atom stereocenters. The molecule has 0 saturated heterocycles. The first kappa shape index (κ1) is 14.5. The van der Waals surface area contributed by atoms with Crippen LogP contribution in [0.2, 0.25) is 0 Å². The molecule has 2 amide bonds. The van der Waals surface area contributed by atoms with Crippen LogP contribution in [0.15, 0.2) is 18.2 Å². The Bertz CT molecular complexity index is 536. The normalized spacial score (nSPS) is 16.9. The molecule has 5 nitrogen and oxygen atoms in total. The van der Waals surface area contributed by atoms with Crippen molar-refractivity contribution in [3.8, 4) is 0 Å². The van der Waals surface area contributed by atoms with E-state index >= 15 is 0 Å². The van der Waals surface area contributed by atoms with Gasteiger partial charge in [-0.05, 0) is 43.5 Å². The molecule has 0 saturated carbocycles. The Kier molecular flexibility index (Phi) is 4.09. The minimum absolute atomic E-state index is 0.00791. The number of carbonyl (C=O) groups is 2.